The summed E-state index contributed by atoms with van der Waals surface area (Å²) in [5, 5.41) is 16.2. The summed E-state index contributed by atoms with van der Waals surface area (Å²) in [6, 6.07) is 1.36. The Labute approximate surface area is 122 Å². The summed E-state index contributed by atoms with van der Waals surface area (Å²) in [5.74, 6) is -0.935. The van der Waals surface area contributed by atoms with Gasteiger partial charge >= 0.3 is 5.97 Å². The van der Waals surface area contributed by atoms with Gasteiger partial charge in [-0.1, -0.05) is 0 Å². The van der Waals surface area contributed by atoms with Crippen molar-refractivity contribution in [1.82, 2.24) is 15.1 Å². The number of amides is 1. The zero-order valence-corrected chi connectivity index (χ0v) is 12.2. The highest BCUT2D eigenvalue weighted by Gasteiger charge is 2.30. The molecule has 1 atom stereocenters. The van der Waals surface area contributed by atoms with E-state index in [1.807, 2.05) is 16.8 Å². The van der Waals surface area contributed by atoms with E-state index in [1.165, 1.54) is 0 Å². The van der Waals surface area contributed by atoms with Crippen molar-refractivity contribution >= 4 is 23.2 Å². The lowest BCUT2D eigenvalue weighted by Crippen LogP contribution is -2.57. The molecule has 0 spiro atoms. The number of nitrogens with zero attached hydrogens (tertiary/aromatic N) is 2. The normalized spacial score (nSPS) is 19.8. The van der Waals surface area contributed by atoms with E-state index in [2.05, 4.69) is 5.32 Å². The molecule has 1 amide bonds. The topological polar surface area (TPSA) is 72.9 Å². The van der Waals surface area contributed by atoms with E-state index >= 15 is 0 Å². The van der Waals surface area contributed by atoms with Crippen molar-refractivity contribution in [2.45, 2.75) is 12.6 Å². The molecule has 2 heterocycles. The van der Waals surface area contributed by atoms with Gasteiger partial charge in [-0.3, -0.25) is 14.5 Å². The van der Waals surface area contributed by atoms with Crippen LogP contribution in [0.3, 0.4) is 0 Å². The van der Waals surface area contributed by atoms with Crippen LogP contribution < -0.4 is 5.32 Å². The van der Waals surface area contributed by atoms with Crippen molar-refractivity contribution in [3.63, 3.8) is 0 Å². The highest BCUT2D eigenvalue weighted by atomic mass is 32.1. The predicted molar refractivity (Wildman–Crippen MR) is 76.7 cm³/mol. The minimum absolute atomic E-state index is 0.0515. The summed E-state index contributed by atoms with van der Waals surface area (Å²) in [4.78, 5) is 26.7. The Morgan fingerprint density at radius 3 is 3.05 bits per heavy atom. The van der Waals surface area contributed by atoms with Crippen molar-refractivity contribution < 1.29 is 14.7 Å². The fraction of sp³-hybridized carbons (Fsp3) is 0.538. The van der Waals surface area contributed by atoms with Gasteiger partial charge in [-0.25, -0.2) is 0 Å². The number of hydrogen-bond acceptors (Lipinski definition) is 5. The lowest BCUT2D eigenvalue weighted by Gasteiger charge is -2.33. The van der Waals surface area contributed by atoms with Crippen molar-refractivity contribution in [3.05, 3.63) is 22.4 Å². The largest absolute Gasteiger partial charge is 0.480 e. The molecule has 1 fully saturated rings. The first-order chi connectivity index (χ1) is 9.58. The Balaban J connectivity index is 1.90. The standard InChI is InChI=1S/C13H19N3O3S/c1-15(7-10-2-5-20-9-10)12(17)8-16-4-3-14-6-11(16)13(18)19/h2,5,9,11,14H,3-4,6-8H2,1H3,(H,18,19). The molecule has 20 heavy (non-hydrogen) atoms. The summed E-state index contributed by atoms with van der Waals surface area (Å²) in [6.07, 6.45) is 0. The molecule has 0 aliphatic carbocycles. The third-order valence-corrected chi connectivity index (χ3v) is 4.14. The summed E-state index contributed by atoms with van der Waals surface area (Å²) in [6.45, 7) is 2.39. The molecule has 6 nitrogen and oxygen atoms in total. The number of likely N-dealkylation sites (N-methyl/N-ethyl adjacent to an activating group) is 1. The Kier molecular flexibility index (Phi) is 5.11. The zero-order valence-electron chi connectivity index (χ0n) is 11.4. The maximum Gasteiger partial charge on any atom is 0.322 e. The van der Waals surface area contributed by atoms with Gasteiger partial charge in [0.15, 0.2) is 0 Å². The number of aliphatic carboxylic acids is 1. The van der Waals surface area contributed by atoms with E-state index in [-0.39, 0.29) is 12.5 Å². The molecule has 1 aliphatic rings. The zero-order chi connectivity index (χ0) is 14.5. The van der Waals surface area contributed by atoms with Crippen LogP contribution in [-0.2, 0) is 16.1 Å². The molecular weight excluding hydrogens is 278 g/mol. The molecule has 2 rings (SSSR count). The number of thiophene rings is 1. The molecule has 2 N–H and O–H groups in total. The first kappa shape index (κ1) is 15.0. The summed E-state index contributed by atoms with van der Waals surface area (Å²) in [7, 11) is 1.75. The average molecular weight is 297 g/mol. The Morgan fingerprint density at radius 2 is 2.40 bits per heavy atom. The summed E-state index contributed by atoms with van der Waals surface area (Å²) >= 11 is 1.60. The highest BCUT2D eigenvalue weighted by molar-refractivity contribution is 7.07. The number of piperazine rings is 1. The first-order valence-electron chi connectivity index (χ1n) is 6.50. The predicted octanol–water partition coefficient (Wildman–Crippen LogP) is 0.0649. The van der Waals surface area contributed by atoms with Crippen LogP contribution in [0.5, 0.6) is 0 Å². The van der Waals surface area contributed by atoms with Crippen molar-refractivity contribution in [3.8, 4) is 0 Å². The molecule has 1 aliphatic heterocycles. The molecule has 7 heteroatoms. The van der Waals surface area contributed by atoms with E-state index in [0.29, 0.717) is 26.2 Å². The lowest BCUT2D eigenvalue weighted by molar-refractivity contribution is -0.145. The van der Waals surface area contributed by atoms with Crippen LogP contribution in [-0.4, -0.2) is 66.1 Å². The quantitative estimate of drug-likeness (QED) is 0.804. The second kappa shape index (κ2) is 6.83. The van der Waals surface area contributed by atoms with Gasteiger partial charge in [0.2, 0.25) is 5.91 Å². The van der Waals surface area contributed by atoms with Gasteiger partial charge in [-0.2, -0.15) is 11.3 Å². The Morgan fingerprint density at radius 1 is 1.60 bits per heavy atom. The van der Waals surface area contributed by atoms with Crippen LogP contribution in [0, 0.1) is 0 Å². The number of carbonyl (C=O) groups is 2. The molecule has 0 aromatic carbocycles. The van der Waals surface area contributed by atoms with Gasteiger partial charge in [0.05, 0.1) is 6.54 Å². The minimum atomic E-state index is -0.884. The fourth-order valence-electron chi connectivity index (χ4n) is 2.22. The third-order valence-electron chi connectivity index (χ3n) is 3.40. The second-order valence-corrected chi connectivity index (χ2v) is 5.69. The van der Waals surface area contributed by atoms with Crippen molar-refractivity contribution in [1.29, 1.82) is 0 Å². The smallest absolute Gasteiger partial charge is 0.322 e. The molecule has 0 bridgehead atoms. The van der Waals surface area contributed by atoms with Gasteiger partial charge in [-0.15, -0.1) is 0 Å². The average Bonchev–Trinajstić information content (AvgIpc) is 2.91. The molecule has 1 unspecified atom stereocenters. The molecule has 110 valence electrons. The number of carboxylic acids is 1. The maximum atomic E-state index is 12.2. The first-order valence-corrected chi connectivity index (χ1v) is 7.45. The summed E-state index contributed by atoms with van der Waals surface area (Å²) < 4.78 is 0. The second-order valence-electron chi connectivity index (χ2n) is 4.91. The van der Waals surface area contributed by atoms with Gasteiger partial charge in [0.1, 0.15) is 6.04 Å². The van der Waals surface area contributed by atoms with Crippen LogP contribution >= 0.6 is 11.3 Å². The SMILES string of the molecule is CN(Cc1ccsc1)C(=O)CN1CCNCC1C(=O)O. The summed E-state index contributed by atoms with van der Waals surface area (Å²) in [5.41, 5.74) is 1.10. The van der Waals surface area contributed by atoms with E-state index in [0.717, 1.165) is 5.56 Å². The van der Waals surface area contributed by atoms with Crippen molar-refractivity contribution in [2.24, 2.45) is 0 Å². The fourth-order valence-corrected chi connectivity index (χ4v) is 2.88. The Hall–Kier alpha value is -1.44. The molecule has 1 aromatic heterocycles. The van der Waals surface area contributed by atoms with Crippen LogP contribution in [0.15, 0.2) is 16.8 Å². The molecule has 0 radical (unpaired) electrons. The lowest BCUT2D eigenvalue weighted by atomic mass is 10.2. The minimum Gasteiger partial charge on any atom is -0.480 e. The van der Waals surface area contributed by atoms with Gasteiger partial charge in [0.25, 0.3) is 0 Å². The number of hydrogen-bond donors (Lipinski definition) is 2. The van der Waals surface area contributed by atoms with E-state index in [1.54, 1.807) is 28.2 Å². The number of rotatable bonds is 5. The molecule has 1 aromatic rings. The van der Waals surface area contributed by atoms with Crippen LogP contribution in [0.4, 0.5) is 0 Å². The number of carboxylic acid groups (broad SMARTS) is 1. The van der Waals surface area contributed by atoms with Gasteiger partial charge in [0, 0.05) is 33.2 Å². The monoisotopic (exact) mass is 297 g/mol. The van der Waals surface area contributed by atoms with Crippen molar-refractivity contribution in [2.75, 3.05) is 33.2 Å². The van der Waals surface area contributed by atoms with E-state index in [4.69, 9.17) is 5.11 Å². The molecule has 1 saturated heterocycles. The molecular formula is C13H19N3O3S. The van der Waals surface area contributed by atoms with Gasteiger partial charge in [-0.05, 0) is 22.4 Å². The van der Waals surface area contributed by atoms with Gasteiger partial charge < -0.3 is 15.3 Å². The molecule has 0 saturated carbocycles. The van der Waals surface area contributed by atoms with Crippen LogP contribution in [0.25, 0.3) is 0 Å². The third kappa shape index (κ3) is 3.78. The van der Waals surface area contributed by atoms with Crippen LogP contribution in [0.1, 0.15) is 5.56 Å². The number of carbonyl (C=O) groups excluding carboxylic acids is 1. The maximum absolute atomic E-state index is 12.2. The van der Waals surface area contributed by atoms with E-state index < -0.39 is 12.0 Å². The Bertz CT molecular complexity index is 463. The van der Waals surface area contributed by atoms with Crippen LogP contribution in [0.2, 0.25) is 0 Å². The van der Waals surface area contributed by atoms with E-state index in [9.17, 15) is 9.59 Å². The highest BCUT2D eigenvalue weighted by Crippen LogP contribution is 2.10. The number of nitrogens with one attached hydrogen (secondary N) is 1.